The van der Waals surface area contributed by atoms with Gasteiger partial charge in [-0.15, -0.1) is 0 Å². The van der Waals surface area contributed by atoms with E-state index in [1.807, 2.05) is 6.92 Å². The molecule has 28 heavy (non-hydrogen) atoms. The van der Waals surface area contributed by atoms with Crippen LogP contribution in [-0.4, -0.2) is 64.8 Å². The van der Waals surface area contributed by atoms with Gasteiger partial charge in [0.2, 0.25) is 10.0 Å². The molecule has 9 heteroatoms. The quantitative estimate of drug-likeness (QED) is 0.714. The number of phenolic OH excluding ortho intramolecular Hbond substituents is 1. The summed E-state index contributed by atoms with van der Waals surface area (Å²) in [6, 6.07) is 8.29. The Bertz CT molecular complexity index is 921. The molecule has 152 valence electrons. The third-order valence-corrected chi connectivity index (χ3v) is 7.45. The minimum absolute atomic E-state index is 0.113. The number of aromatic hydroxyl groups is 1. The molecule has 2 aromatic rings. The van der Waals surface area contributed by atoms with E-state index in [2.05, 4.69) is 4.98 Å². The molecule has 0 saturated carbocycles. The number of nitrogens with one attached hydrogen (secondary N) is 1. The van der Waals surface area contributed by atoms with Crippen molar-refractivity contribution in [2.45, 2.75) is 24.8 Å². The molecule has 0 aliphatic carbocycles. The van der Waals surface area contributed by atoms with Crippen LogP contribution in [0.2, 0.25) is 0 Å². The van der Waals surface area contributed by atoms with Gasteiger partial charge in [-0.1, -0.05) is 25.1 Å². The minimum Gasteiger partial charge on any atom is -0.508 e. The van der Waals surface area contributed by atoms with E-state index in [0.717, 1.165) is 17.9 Å². The molecular formula is C19H25N3O4S2. The lowest BCUT2D eigenvalue weighted by Gasteiger charge is -2.25. The molecule has 0 unspecified atom stereocenters. The number of hydrogen-bond donors (Lipinski definition) is 2. The summed E-state index contributed by atoms with van der Waals surface area (Å²) >= 11 is 1.74. The van der Waals surface area contributed by atoms with Crippen LogP contribution in [0.1, 0.15) is 29.4 Å². The zero-order chi connectivity index (χ0) is 20.1. The average Bonchev–Trinajstić information content (AvgIpc) is 3.20. The van der Waals surface area contributed by atoms with Gasteiger partial charge in [0.25, 0.3) is 5.91 Å². The summed E-state index contributed by atoms with van der Waals surface area (Å²) < 4.78 is 27.1. The van der Waals surface area contributed by atoms with Crippen LogP contribution >= 0.6 is 11.8 Å². The number of H-pyrrole nitrogens is 1. The van der Waals surface area contributed by atoms with Crippen molar-refractivity contribution in [1.29, 1.82) is 0 Å². The fourth-order valence-corrected chi connectivity index (χ4v) is 5.70. The average molecular weight is 424 g/mol. The number of rotatable bonds is 7. The third-order valence-electron chi connectivity index (χ3n) is 4.63. The van der Waals surface area contributed by atoms with E-state index >= 15 is 0 Å². The van der Waals surface area contributed by atoms with Gasteiger partial charge in [0.1, 0.15) is 16.3 Å². The molecule has 0 bridgehead atoms. The standard InChI is InChI=1S/C19H25N3O4S2/c1-2-7-21(14-15-5-3-4-6-18(15)23)19(24)17-12-16(13-20-17)28(25,26)22-8-10-27-11-9-22/h3-6,12-13,20,23H,2,7-11,14H2,1H3. The first-order chi connectivity index (χ1) is 13.4. The Labute approximate surface area is 169 Å². The van der Waals surface area contributed by atoms with Crippen molar-refractivity contribution in [3.05, 3.63) is 47.8 Å². The summed E-state index contributed by atoms with van der Waals surface area (Å²) in [4.78, 5) is 17.5. The number of hydrogen-bond acceptors (Lipinski definition) is 5. The van der Waals surface area contributed by atoms with Crippen LogP contribution in [0.4, 0.5) is 0 Å². The molecule has 1 aliphatic heterocycles. The number of nitrogens with zero attached hydrogens (tertiary/aromatic N) is 2. The fourth-order valence-electron chi connectivity index (χ4n) is 3.13. The Morgan fingerprint density at radius 1 is 1.29 bits per heavy atom. The molecule has 1 saturated heterocycles. The predicted octanol–water partition coefficient (Wildman–Crippen LogP) is 2.51. The number of carbonyl (C=O) groups is 1. The van der Waals surface area contributed by atoms with Gasteiger partial charge in [-0.05, 0) is 18.6 Å². The summed E-state index contributed by atoms with van der Waals surface area (Å²) in [6.07, 6.45) is 2.13. The highest BCUT2D eigenvalue weighted by Gasteiger charge is 2.28. The maximum absolute atomic E-state index is 13.0. The Hall–Kier alpha value is -1.97. The maximum atomic E-state index is 13.0. The number of amides is 1. The second-order valence-electron chi connectivity index (χ2n) is 6.62. The van der Waals surface area contributed by atoms with E-state index in [9.17, 15) is 18.3 Å². The molecule has 0 radical (unpaired) electrons. The number of aromatic nitrogens is 1. The zero-order valence-corrected chi connectivity index (χ0v) is 17.4. The van der Waals surface area contributed by atoms with Crippen LogP contribution in [0.25, 0.3) is 0 Å². The van der Waals surface area contributed by atoms with E-state index in [1.165, 1.54) is 16.6 Å². The number of sulfonamides is 1. The van der Waals surface area contributed by atoms with Crippen LogP contribution in [0.5, 0.6) is 5.75 Å². The molecule has 1 aromatic heterocycles. The van der Waals surface area contributed by atoms with E-state index in [0.29, 0.717) is 25.2 Å². The number of phenols is 1. The first-order valence-corrected chi connectivity index (χ1v) is 11.9. The number of carbonyl (C=O) groups excluding carboxylic acids is 1. The zero-order valence-electron chi connectivity index (χ0n) is 15.8. The predicted molar refractivity (Wildman–Crippen MR) is 110 cm³/mol. The van der Waals surface area contributed by atoms with E-state index in [4.69, 9.17) is 0 Å². The fraction of sp³-hybridized carbons (Fsp3) is 0.421. The molecule has 2 heterocycles. The highest BCUT2D eigenvalue weighted by Crippen LogP contribution is 2.23. The molecule has 2 N–H and O–H groups in total. The first kappa shape index (κ1) is 20.8. The van der Waals surface area contributed by atoms with Crippen molar-refractivity contribution < 1.29 is 18.3 Å². The smallest absolute Gasteiger partial charge is 0.270 e. The number of para-hydroxylation sites is 1. The van der Waals surface area contributed by atoms with Crippen LogP contribution in [0, 0.1) is 0 Å². The molecule has 1 aliphatic rings. The van der Waals surface area contributed by atoms with Crippen molar-refractivity contribution >= 4 is 27.7 Å². The van der Waals surface area contributed by atoms with Gasteiger partial charge in [0.05, 0.1) is 0 Å². The summed E-state index contributed by atoms with van der Waals surface area (Å²) in [5, 5.41) is 10.0. The van der Waals surface area contributed by atoms with E-state index < -0.39 is 10.0 Å². The molecule has 0 atom stereocenters. The largest absolute Gasteiger partial charge is 0.508 e. The number of thioether (sulfide) groups is 1. The van der Waals surface area contributed by atoms with Crippen LogP contribution in [0.15, 0.2) is 41.4 Å². The molecular weight excluding hydrogens is 398 g/mol. The topological polar surface area (TPSA) is 93.7 Å². The van der Waals surface area contributed by atoms with Crippen molar-refractivity contribution in [1.82, 2.24) is 14.2 Å². The second-order valence-corrected chi connectivity index (χ2v) is 9.78. The van der Waals surface area contributed by atoms with Gasteiger partial charge >= 0.3 is 0 Å². The van der Waals surface area contributed by atoms with Crippen molar-refractivity contribution in [2.75, 3.05) is 31.1 Å². The Balaban J connectivity index is 1.80. The number of aromatic amines is 1. The van der Waals surface area contributed by atoms with Crippen molar-refractivity contribution in [2.24, 2.45) is 0 Å². The molecule has 0 spiro atoms. The van der Waals surface area contributed by atoms with Gasteiger partial charge in [0.15, 0.2) is 0 Å². The van der Waals surface area contributed by atoms with Gasteiger partial charge in [-0.25, -0.2) is 8.42 Å². The van der Waals surface area contributed by atoms with Crippen LogP contribution in [-0.2, 0) is 16.6 Å². The monoisotopic (exact) mass is 423 g/mol. The van der Waals surface area contributed by atoms with Crippen molar-refractivity contribution in [3.63, 3.8) is 0 Å². The Morgan fingerprint density at radius 3 is 2.68 bits per heavy atom. The summed E-state index contributed by atoms with van der Waals surface area (Å²) in [5.74, 6) is 1.40. The van der Waals surface area contributed by atoms with E-state index in [-0.39, 0.29) is 28.8 Å². The first-order valence-electron chi connectivity index (χ1n) is 9.26. The van der Waals surface area contributed by atoms with Gasteiger partial charge < -0.3 is 15.0 Å². The van der Waals surface area contributed by atoms with E-state index in [1.54, 1.807) is 40.9 Å². The van der Waals surface area contributed by atoms with Gasteiger partial charge in [-0.3, -0.25) is 4.79 Å². The summed E-state index contributed by atoms with van der Waals surface area (Å²) in [6.45, 7) is 3.68. The van der Waals surface area contributed by atoms with Gasteiger partial charge in [0, 0.05) is 49.4 Å². The van der Waals surface area contributed by atoms with Crippen LogP contribution < -0.4 is 0 Å². The van der Waals surface area contributed by atoms with Crippen LogP contribution in [0.3, 0.4) is 0 Å². The number of benzene rings is 1. The summed E-state index contributed by atoms with van der Waals surface area (Å²) in [7, 11) is -3.60. The Kier molecular flexibility index (Phi) is 6.69. The lowest BCUT2D eigenvalue weighted by atomic mass is 10.1. The lowest BCUT2D eigenvalue weighted by Crippen LogP contribution is -2.37. The molecule has 1 aromatic carbocycles. The minimum atomic E-state index is -3.60. The molecule has 3 rings (SSSR count). The van der Waals surface area contributed by atoms with Gasteiger partial charge in [-0.2, -0.15) is 16.1 Å². The second kappa shape index (κ2) is 9.02. The lowest BCUT2D eigenvalue weighted by molar-refractivity contribution is 0.0737. The normalized spacial score (nSPS) is 15.5. The molecule has 1 fully saturated rings. The molecule has 7 nitrogen and oxygen atoms in total. The highest BCUT2D eigenvalue weighted by molar-refractivity contribution is 7.99. The Morgan fingerprint density at radius 2 is 2.00 bits per heavy atom. The maximum Gasteiger partial charge on any atom is 0.270 e. The third kappa shape index (κ3) is 4.53. The molecule has 1 amide bonds. The van der Waals surface area contributed by atoms with Crippen molar-refractivity contribution in [3.8, 4) is 5.75 Å². The SMILES string of the molecule is CCCN(Cc1ccccc1O)C(=O)c1cc(S(=O)(=O)N2CCSCC2)c[nH]1. The highest BCUT2D eigenvalue weighted by atomic mass is 32.2. The summed E-state index contributed by atoms with van der Waals surface area (Å²) in [5.41, 5.74) is 0.878.